The summed E-state index contributed by atoms with van der Waals surface area (Å²) in [6.45, 7) is 3.89. The summed E-state index contributed by atoms with van der Waals surface area (Å²) in [5.74, 6) is -2.57. The number of allylic oxidation sites excluding steroid dienone is 8. The van der Waals surface area contributed by atoms with E-state index in [0.29, 0.717) is 11.4 Å². The summed E-state index contributed by atoms with van der Waals surface area (Å²) >= 11 is 0. The van der Waals surface area contributed by atoms with E-state index in [9.17, 15) is 17.6 Å². The van der Waals surface area contributed by atoms with Crippen molar-refractivity contribution >= 4 is 0 Å². The molecule has 2 aromatic heterocycles. The fourth-order valence-corrected chi connectivity index (χ4v) is 5.95. The molecule has 0 spiro atoms. The largest absolute Gasteiger partial charge is 4.00 e. The van der Waals surface area contributed by atoms with Gasteiger partial charge in [0.2, 0.25) is 0 Å². The van der Waals surface area contributed by atoms with Crippen molar-refractivity contribution in [3.63, 3.8) is 0 Å². The first-order valence-corrected chi connectivity index (χ1v) is 14.9. The van der Waals surface area contributed by atoms with E-state index in [1.165, 1.54) is 35.4 Å². The first-order valence-electron chi connectivity index (χ1n) is 14.9. The summed E-state index contributed by atoms with van der Waals surface area (Å²) in [7, 11) is 0. The molecule has 0 unspecified atom stereocenters. The average Bonchev–Trinajstić information content (AvgIpc) is 3.83. The van der Waals surface area contributed by atoms with Gasteiger partial charge in [0.1, 0.15) is 0 Å². The summed E-state index contributed by atoms with van der Waals surface area (Å²) < 4.78 is 57.0. The molecular formula is C38H34F4N2Ti. The summed E-state index contributed by atoms with van der Waals surface area (Å²) in [6.07, 6.45) is 26.2. The van der Waals surface area contributed by atoms with E-state index in [-0.39, 0.29) is 21.7 Å². The molecule has 7 heteroatoms. The second kappa shape index (κ2) is 16.1. The molecule has 4 aromatic rings. The van der Waals surface area contributed by atoms with Crippen LogP contribution in [0.1, 0.15) is 59.6 Å². The van der Waals surface area contributed by atoms with Crippen molar-refractivity contribution in [1.82, 2.24) is 9.13 Å². The molecule has 228 valence electrons. The van der Waals surface area contributed by atoms with Gasteiger partial charge in [-0.05, 0) is 87.0 Å². The van der Waals surface area contributed by atoms with Crippen molar-refractivity contribution in [1.29, 1.82) is 0 Å². The van der Waals surface area contributed by atoms with Gasteiger partial charge in [-0.25, -0.2) is 41.9 Å². The van der Waals surface area contributed by atoms with Crippen LogP contribution in [0.25, 0.3) is 11.4 Å². The Hall–Kier alpha value is -3.61. The number of aromatic nitrogens is 2. The average molecular weight is 643 g/mol. The number of aryl methyl sites for hydroxylation is 4. The van der Waals surface area contributed by atoms with Crippen molar-refractivity contribution in [3.8, 4) is 11.4 Å². The van der Waals surface area contributed by atoms with Crippen molar-refractivity contribution in [3.05, 3.63) is 154 Å². The van der Waals surface area contributed by atoms with Crippen LogP contribution < -0.4 is 0 Å². The van der Waals surface area contributed by atoms with E-state index in [0.717, 1.165) is 74.1 Å². The zero-order valence-electron chi connectivity index (χ0n) is 25.5. The molecule has 0 amide bonds. The molecule has 4 aliphatic rings. The Morgan fingerprint density at radius 2 is 1.02 bits per heavy atom. The fourth-order valence-electron chi connectivity index (χ4n) is 5.95. The number of rotatable bonds is 2. The van der Waals surface area contributed by atoms with Crippen LogP contribution in [-0.2, 0) is 47.4 Å². The van der Waals surface area contributed by atoms with Crippen molar-refractivity contribution < 1.29 is 39.3 Å². The normalized spacial score (nSPS) is 14.5. The maximum Gasteiger partial charge on any atom is 4.00 e. The summed E-state index contributed by atoms with van der Waals surface area (Å²) in [5.41, 5.74) is 7.65. The van der Waals surface area contributed by atoms with Gasteiger partial charge in [-0.2, -0.15) is 12.2 Å². The number of halogens is 4. The van der Waals surface area contributed by atoms with Gasteiger partial charge in [0.25, 0.3) is 0 Å². The molecule has 45 heavy (non-hydrogen) atoms. The van der Waals surface area contributed by atoms with Gasteiger partial charge < -0.3 is 9.13 Å². The Kier molecular flexibility index (Phi) is 12.3. The number of hydrogen-bond donors (Lipinski definition) is 0. The van der Waals surface area contributed by atoms with Gasteiger partial charge in [-0.15, -0.1) is 49.2 Å². The Bertz CT molecular complexity index is 1590. The smallest absolute Gasteiger partial charge is 0.369 e. The van der Waals surface area contributed by atoms with Gasteiger partial charge in [0.05, 0.1) is 0 Å². The van der Waals surface area contributed by atoms with Crippen LogP contribution in [-0.4, -0.2) is 9.13 Å². The van der Waals surface area contributed by atoms with Gasteiger partial charge in [0.15, 0.2) is 0 Å². The summed E-state index contributed by atoms with van der Waals surface area (Å²) in [5, 5.41) is 0. The third-order valence-corrected chi connectivity index (χ3v) is 7.81. The first kappa shape index (κ1) is 34.3. The van der Waals surface area contributed by atoms with Gasteiger partial charge >= 0.3 is 21.7 Å². The Morgan fingerprint density at radius 3 is 1.33 bits per heavy atom. The van der Waals surface area contributed by atoms with Gasteiger partial charge in [-0.3, -0.25) is 12.2 Å². The molecule has 0 radical (unpaired) electrons. The Morgan fingerprint density at radius 1 is 0.600 bits per heavy atom. The predicted molar refractivity (Wildman–Crippen MR) is 166 cm³/mol. The predicted octanol–water partition coefficient (Wildman–Crippen LogP) is 9.31. The van der Waals surface area contributed by atoms with Crippen LogP contribution in [0, 0.1) is 61.4 Å². The molecule has 2 heterocycles. The summed E-state index contributed by atoms with van der Waals surface area (Å²) in [4.78, 5) is 0. The number of nitrogens with zero attached hydrogens (tertiary/aromatic N) is 2. The Balaban J connectivity index is 0.000000154. The Labute approximate surface area is 278 Å². The first-order chi connectivity index (χ1) is 21.3. The van der Waals surface area contributed by atoms with Crippen LogP contribution in [0.5, 0.6) is 0 Å². The van der Waals surface area contributed by atoms with E-state index in [1.807, 2.05) is 47.3 Å². The standard InChI is InChI=1S/2C14H12F2N.2C5H5.Ti/c2*1-9-7-10-3-2-4-13(10)17(9)14-6-5-11(15)8-12(14)16;2*1-2-4-5-3-1;/h2*5-7H,2-4H2,1H3;2*1-3H,4H2;/q4*-1;+4. The molecule has 0 fully saturated rings. The molecule has 2 nitrogen and oxygen atoms in total. The summed E-state index contributed by atoms with van der Waals surface area (Å²) in [6, 6.07) is 13.8. The van der Waals surface area contributed by atoms with Gasteiger partial charge in [-0.1, -0.05) is 0 Å². The maximum atomic E-state index is 13.7. The van der Waals surface area contributed by atoms with E-state index in [2.05, 4.69) is 48.6 Å². The third-order valence-electron chi connectivity index (χ3n) is 7.81. The molecule has 0 atom stereocenters. The van der Waals surface area contributed by atoms with Crippen LogP contribution in [0.15, 0.2) is 72.9 Å². The van der Waals surface area contributed by atoms with E-state index in [1.54, 1.807) is 0 Å². The topological polar surface area (TPSA) is 9.86 Å². The SMILES string of the molecule is Cc1cc2c(n1-c1ccc(F)[c-]c1F)CCC2.Cc1cc2c(n1-c1ccc(F)[c-]c1F)CCC2.[C-]1=CC=CC1.[C-]1=CC=CC1.[Ti+4]. The monoisotopic (exact) mass is 642 g/mol. The van der Waals surface area contributed by atoms with Crippen molar-refractivity contribution in [2.75, 3.05) is 0 Å². The number of benzene rings is 2. The molecule has 0 saturated carbocycles. The minimum Gasteiger partial charge on any atom is -0.369 e. The second-order valence-corrected chi connectivity index (χ2v) is 10.9. The molecule has 0 aliphatic heterocycles. The van der Waals surface area contributed by atoms with Crippen LogP contribution in [0.2, 0.25) is 0 Å². The van der Waals surface area contributed by atoms with Crippen molar-refractivity contribution in [2.24, 2.45) is 0 Å². The van der Waals surface area contributed by atoms with Crippen LogP contribution in [0.3, 0.4) is 0 Å². The molecule has 0 N–H and O–H groups in total. The molecule has 2 aromatic carbocycles. The number of fused-ring (bicyclic) bond motifs is 2. The second-order valence-electron chi connectivity index (χ2n) is 10.9. The minimum absolute atomic E-state index is 0. The van der Waals surface area contributed by atoms with Crippen LogP contribution in [0.4, 0.5) is 17.6 Å². The molecule has 0 bridgehead atoms. The zero-order valence-corrected chi connectivity index (χ0v) is 27.1. The zero-order chi connectivity index (χ0) is 31.1. The number of hydrogen-bond acceptors (Lipinski definition) is 0. The molecule has 4 aliphatic carbocycles. The van der Waals surface area contributed by atoms with Gasteiger partial charge in [0, 0.05) is 46.0 Å². The maximum absolute atomic E-state index is 13.7. The van der Waals surface area contributed by atoms with Crippen LogP contribution >= 0.6 is 0 Å². The minimum atomic E-state index is -0.660. The quantitative estimate of drug-likeness (QED) is 0.117. The van der Waals surface area contributed by atoms with Crippen molar-refractivity contribution in [2.45, 2.75) is 65.2 Å². The molecule has 8 rings (SSSR count). The molecular weight excluding hydrogens is 608 g/mol. The molecule has 0 saturated heterocycles. The van der Waals surface area contributed by atoms with E-state index < -0.39 is 23.3 Å². The third kappa shape index (κ3) is 8.36. The van der Waals surface area contributed by atoms with E-state index in [4.69, 9.17) is 0 Å². The van der Waals surface area contributed by atoms with E-state index >= 15 is 0 Å². The fraction of sp³-hybridized carbons (Fsp3) is 0.263.